The van der Waals surface area contributed by atoms with Gasteiger partial charge in [0, 0.05) is 12.6 Å². The summed E-state index contributed by atoms with van der Waals surface area (Å²) in [4.78, 5) is 27.7. The van der Waals surface area contributed by atoms with Crippen LogP contribution in [0.2, 0.25) is 0 Å². The first kappa shape index (κ1) is 19.9. The highest BCUT2D eigenvalue weighted by molar-refractivity contribution is 7.99. The number of imidazole rings is 1. The van der Waals surface area contributed by atoms with Crippen LogP contribution in [0.15, 0.2) is 47.6 Å². The molecule has 146 valence electrons. The van der Waals surface area contributed by atoms with Crippen LogP contribution >= 0.6 is 11.8 Å². The normalized spacial score (nSPS) is 11.1. The summed E-state index contributed by atoms with van der Waals surface area (Å²) in [5.74, 6) is 0.388. The fraction of sp³-hybridized carbons (Fsp3) is 0.300. The number of amides is 1. The van der Waals surface area contributed by atoms with Crippen LogP contribution in [0, 0.1) is 23.0 Å². The number of para-hydroxylation sites is 2. The molecule has 0 saturated heterocycles. The maximum Gasteiger partial charge on any atom is 0.274 e. The molecule has 0 aliphatic carbocycles. The van der Waals surface area contributed by atoms with Crippen molar-refractivity contribution in [2.75, 3.05) is 11.1 Å². The van der Waals surface area contributed by atoms with Gasteiger partial charge < -0.3 is 9.88 Å². The lowest BCUT2D eigenvalue weighted by atomic mass is 10.1. The van der Waals surface area contributed by atoms with Crippen molar-refractivity contribution >= 4 is 40.1 Å². The van der Waals surface area contributed by atoms with E-state index < -0.39 is 4.92 Å². The molecule has 0 atom stereocenters. The topological polar surface area (TPSA) is 90.1 Å². The SMILES string of the molecule is Cc1c(NC(=O)CSc2nc3ccccc3n2CC(C)C)cccc1[N+](=O)[O-]. The lowest BCUT2D eigenvalue weighted by Gasteiger charge is -2.12. The molecule has 3 rings (SSSR count). The van der Waals surface area contributed by atoms with Crippen LogP contribution < -0.4 is 5.32 Å². The fourth-order valence-electron chi connectivity index (χ4n) is 2.98. The molecular formula is C20H22N4O3S. The number of thioether (sulfide) groups is 1. The second-order valence-corrected chi connectivity index (χ2v) is 7.87. The van der Waals surface area contributed by atoms with Gasteiger partial charge in [-0.3, -0.25) is 14.9 Å². The third-order valence-electron chi connectivity index (χ3n) is 4.28. The van der Waals surface area contributed by atoms with E-state index in [9.17, 15) is 14.9 Å². The number of hydrogen-bond acceptors (Lipinski definition) is 5. The van der Waals surface area contributed by atoms with Crippen molar-refractivity contribution in [1.82, 2.24) is 9.55 Å². The summed E-state index contributed by atoms with van der Waals surface area (Å²) >= 11 is 1.36. The Kier molecular flexibility index (Phi) is 5.99. The van der Waals surface area contributed by atoms with Gasteiger partial charge in [0.2, 0.25) is 5.91 Å². The van der Waals surface area contributed by atoms with Crippen molar-refractivity contribution in [2.24, 2.45) is 5.92 Å². The summed E-state index contributed by atoms with van der Waals surface area (Å²) in [5.41, 5.74) is 2.84. The molecule has 2 aromatic carbocycles. The molecule has 1 amide bonds. The number of nitro benzene ring substituents is 1. The molecule has 0 saturated carbocycles. The van der Waals surface area contributed by atoms with E-state index in [1.807, 2.05) is 24.3 Å². The summed E-state index contributed by atoms with van der Waals surface area (Å²) in [5, 5.41) is 14.6. The third-order valence-corrected chi connectivity index (χ3v) is 5.25. The molecule has 28 heavy (non-hydrogen) atoms. The van der Waals surface area contributed by atoms with Crippen LogP contribution in [-0.2, 0) is 11.3 Å². The number of anilines is 1. The van der Waals surface area contributed by atoms with Gasteiger partial charge in [-0.1, -0.05) is 43.8 Å². The Morgan fingerprint density at radius 1 is 1.25 bits per heavy atom. The Morgan fingerprint density at radius 2 is 2.00 bits per heavy atom. The van der Waals surface area contributed by atoms with Crippen molar-refractivity contribution in [3.63, 3.8) is 0 Å². The van der Waals surface area contributed by atoms with Gasteiger partial charge in [0.05, 0.1) is 33.0 Å². The van der Waals surface area contributed by atoms with Crippen LogP contribution in [-0.4, -0.2) is 26.1 Å². The average molecular weight is 398 g/mol. The Bertz CT molecular complexity index is 1030. The van der Waals surface area contributed by atoms with E-state index in [2.05, 4.69) is 28.7 Å². The van der Waals surface area contributed by atoms with Crippen LogP contribution in [0.4, 0.5) is 11.4 Å². The maximum atomic E-state index is 12.4. The number of rotatable bonds is 7. The Hall–Kier alpha value is -2.87. The molecule has 7 nitrogen and oxygen atoms in total. The molecule has 0 unspecified atom stereocenters. The number of fused-ring (bicyclic) bond motifs is 1. The molecule has 0 aliphatic heterocycles. The lowest BCUT2D eigenvalue weighted by Crippen LogP contribution is -2.16. The highest BCUT2D eigenvalue weighted by atomic mass is 32.2. The molecule has 0 radical (unpaired) electrons. The molecule has 1 N–H and O–H groups in total. The van der Waals surface area contributed by atoms with E-state index in [-0.39, 0.29) is 17.3 Å². The second kappa shape index (κ2) is 8.43. The van der Waals surface area contributed by atoms with Crippen molar-refractivity contribution < 1.29 is 9.72 Å². The zero-order chi connectivity index (χ0) is 20.3. The summed E-state index contributed by atoms with van der Waals surface area (Å²) < 4.78 is 2.14. The van der Waals surface area contributed by atoms with Gasteiger partial charge in [-0.15, -0.1) is 0 Å². The Balaban J connectivity index is 1.75. The molecule has 0 fully saturated rings. The zero-order valence-corrected chi connectivity index (χ0v) is 16.8. The molecule has 3 aromatic rings. The van der Waals surface area contributed by atoms with Crippen LogP contribution in [0.1, 0.15) is 19.4 Å². The first-order valence-electron chi connectivity index (χ1n) is 8.98. The van der Waals surface area contributed by atoms with Crippen LogP contribution in [0.3, 0.4) is 0 Å². The second-order valence-electron chi connectivity index (χ2n) is 6.93. The number of nitrogens with one attached hydrogen (secondary N) is 1. The van der Waals surface area contributed by atoms with Crippen LogP contribution in [0.25, 0.3) is 11.0 Å². The highest BCUT2D eigenvalue weighted by Gasteiger charge is 2.17. The van der Waals surface area contributed by atoms with Gasteiger partial charge in [0.25, 0.3) is 5.69 Å². The molecular weight excluding hydrogens is 376 g/mol. The smallest absolute Gasteiger partial charge is 0.274 e. The van der Waals surface area contributed by atoms with E-state index in [4.69, 9.17) is 0 Å². The number of carbonyl (C=O) groups excluding carboxylic acids is 1. The van der Waals surface area contributed by atoms with Crippen molar-refractivity contribution in [3.8, 4) is 0 Å². The number of benzene rings is 2. The molecule has 8 heteroatoms. The largest absolute Gasteiger partial charge is 0.325 e. The van der Waals surface area contributed by atoms with Gasteiger partial charge in [-0.2, -0.15) is 0 Å². The van der Waals surface area contributed by atoms with Crippen molar-refractivity contribution in [2.45, 2.75) is 32.5 Å². The first-order valence-corrected chi connectivity index (χ1v) is 9.97. The summed E-state index contributed by atoms with van der Waals surface area (Å²) in [6.07, 6.45) is 0. The predicted octanol–water partition coefficient (Wildman–Crippen LogP) is 4.64. The number of hydrogen-bond donors (Lipinski definition) is 1. The number of nitro groups is 1. The number of aromatic nitrogens is 2. The lowest BCUT2D eigenvalue weighted by molar-refractivity contribution is -0.385. The first-order chi connectivity index (χ1) is 13.4. The monoisotopic (exact) mass is 398 g/mol. The molecule has 0 aliphatic rings. The van der Waals surface area contributed by atoms with Crippen LogP contribution in [0.5, 0.6) is 0 Å². The third kappa shape index (κ3) is 4.33. The van der Waals surface area contributed by atoms with E-state index in [1.54, 1.807) is 19.1 Å². The minimum atomic E-state index is -0.450. The van der Waals surface area contributed by atoms with E-state index in [1.165, 1.54) is 17.8 Å². The molecule has 1 aromatic heterocycles. The van der Waals surface area contributed by atoms with Crippen molar-refractivity contribution in [1.29, 1.82) is 0 Å². The average Bonchev–Trinajstić information content (AvgIpc) is 2.98. The predicted molar refractivity (Wildman–Crippen MR) is 112 cm³/mol. The zero-order valence-electron chi connectivity index (χ0n) is 16.0. The quantitative estimate of drug-likeness (QED) is 0.356. The summed E-state index contributed by atoms with van der Waals surface area (Å²) in [6.45, 7) is 6.72. The number of carbonyl (C=O) groups is 1. The molecule has 0 bridgehead atoms. The van der Waals surface area contributed by atoms with Gasteiger partial charge in [0.1, 0.15) is 0 Å². The fourth-order valence-corrected chi connectivity index (χ4v) is 3.80. The van der Waals surface area contributed by atoms with Crippen molar-refractivity contribution in [3.05, 3.63) is 58.1 Å². The Labute approximate surface area is 167 Å². The highest BCUT2D eigenvalue weighted by Crippen LogP contribution is 2.27. The Morgan fingerprint density at radius 3 is 2.71 bits per heavy atom. The standard InChI is InChI=1S/C20H22N4O3S/c1-13(2)11-23-18-9-5-4-7-16(18)22-20(23)28-12-19(25)21-15-8-6-10-17(14(15)3)24(26)27/h4-10,13H,11-12H2,1-3H3,(H,21,25). The minimum Gasteiger partial charge on any atom is -0.325 e. The summed E-state index contributed by atoms with van der Waals surface area (Å²) in [7, 11) is 0. The van der Waals surface area contributed by atoms with Gasteiger partial charge in [-0.05, 0) is 31.0 Å². The molecule has 1 heterocycles. The van der Waals surface area contributed by atoms with E-state index >= 15 is 0 Å². The molecule has 0 spiro atoms. The van der Waals surface area contributed by atoms with E-state index in [0.29, 0.717) is 17.2 Å². The summed E-state index contributed by atoms with van der Waals surface area (Å²) in [6, 6.07) is 12.6. The van der Waals surface area contributed by atoms with Gasteiger partial charge >= 0.3 is 0 Å². The number of nitrogens with zero attached hydrogens (tertiary/aromatic N) is 3. The maximum absolute atomic E-state index is 12.4. The van der Waals surface area contributed by atoms with Gasteiger partial charge in [-0.25, -0.2) is 4.98 Å². The van der Waals surface area contributed by atoms with Gasteiger partial charge in [0.15, 0.2) is 5.16 Å². The minimum absolute atomic E-state index is 0.0100. The van der Waals surface area contributed by atoms with E-state index in [0.717, 1.165) is 22.7 Å².